The van der Waals surface area contributed by atoms with Gasteiger partial charge in [0.05, 0.1) is 4.24 Å². The maximum atomic E-state index is 12.3. The van der Waals surface area contributed by atoms with E-state index in [2.05, 4.69) is 0 Å². The second kappa shape index (κ2) is 3.14. The van der Waals surface area contributed by atoms with E-state index in [1.165, 1.54) is 29.6 Å². The van der Waals surface area contributed by atoms with E-state index < -0.39 is 5.83 Å². The molecule has 0 atom stereocenters. The summed E-state index contributed by atoms with van der Waals surface area (Å²) in [6.45, 7) is 0. The van der Waals surface area contributed by atoms with E-state index >= 15 is 0 Å². The lowest BCUT2D eigenvalue weighted by Gasteiger charge is -1.87. The average molecular weight is 161 g/mol. The number of nitrogens with zero attached hydrogens (tertiary/aromatic N) is 1. The van der Waals surface area contributed by atoms with Gasteiger partial charge in [0.25, 0.3) is 0 Å². The molecule has 0 radical (unpaired) electrons. The van der Waals surface area contributed by atoms with Crippen molar-refractivity contribution in [2.75, 3.05) is 11.5 Å². The lowest BCUT2D eigenvalue weighted by molar-refractivity contribution is 0.673. The van der Waals surface area contributed by atoms with Crippen molar-refractivity contribution in [3.05, 3.63) is 10.1 Å². The van der Waals surface area contributed by atoms with Crippen LogP contribution in [0.4, 0.5) is 4.39 Å². The standard InChI is InChI=1S/C5H4FNS2/c6-4(3-7)5-8-1-2-9-5/h1-2H2. The Morgan fingerprint density at radius 1 is 1.56 bits per heavy atom. The normalized spacial score (nSPS) is 17.6. The lowest BCUT2D eigenvalue weighted by Crippen LogP contribution is -1.66. The zero-order valence-corrected chi connectivity index (χ0v) is 6.19. The zero-order chi connectivity index (χ0) is 6.69. The first kappa shape index (κ1) is 6.97. The number of rotatable bonds is 0. The molecule has 0 bridgehead atoms. The molecule has 1 nitrogen and oxygen atoms in total. The lowest BCUT2D eigenvalue weighted by atomic mass is 10.7. The third kappa shape index (κ3) is 1.63. The van der Waals surface area contributed by atoms with E-state index in [1.54, 1.807) is 0 Å². The van der Waals surface area contributed by atoms with Crippen molar-refractivity contribution in [2.45, 2.75) is 0 Å². The molecule has 1 saturated heterocycles. The molecule has 0 amide bonds. The summed E-state index contributed by atoms with van der Waals surface area (Å²) in [6, 6.07) is 1.48. The molecule has 9 heavy (non-hydrogen) atoms. The average Bonchev–Trinajstić information content (AvgIpc) is 2.37. The van der Waals surface area contributed by atoms with Gasteiger partial charge in [0.2, 0.25) is 5.83 Å². The molecule has 1 fully saturated rings. The Labute approximate surface area is 61.3 Å². The number of thioether (sulfide) groups is 2. The quantitative estimate of drug-likeness (QED) is 0.508. The number of nitriles is 1. The topological polar surface area (TPSA) is 23.8 Å². The monoisotopic (exact) mass is 161 g/mol. The predicted octanol–water partition coefficient (Wildman–Crippen LogP) is 2.13. The molecule has 1 aliphatic rings. The van der Waals surface area contributed by atoms with Crippen LogP contribution in [-0.4, -0.2) is 11.5 Å². The SMILES string of the molecule is N#CC(F)=C1SCCS1. The fourth-order valence-electron chi connectivity index (χ4n) is 0.483. The first-order valence-electron chi connectivity index (χ1n) is 2.40. The highest BCUT2D eigenvalue weighted by atomic mass is 32.2. The summed E-state index contributed by atoms with van der Waals surface area (Å²) in [5, 5.41) is 8.09. The molecule has 1 rings (SSSR count). The Morgan fingerprint density at radius 3 is 2.56 bits per heavy atom. The van der Waals surface area contributed by atoms with Gasteiger partial charge in [-0.2, -0.15) is 9.65 Å². The third-order valence-corrected chi connectivity index (χ3v) is 3.49. The molecule has 0 aliphatic carbocycles. The van der Waals surface area contributed by atoms with Gasteiger partial charge in [-0.3, -0.25) is 0 Å². The predicted molar refractivity (Wildman–Crippen MR) is 38.7 cm³/mol. The maximum absolute atomic E-state index is 12.3. The van der Waals surface area contributed by atoms with Crippen LogP contribution in [-0.2, 0) is 0 Å². The van der Waals surface area contributed by atoms with Gasteiger partial charge in [-0.05, 0) is 0 Å². The van der Waals surface area contributed by atoms with Crippen LogP contribution in [0.15, 0.2) is 10.1 Å². The van der Waals surface area contributed by atoms with Crippen molar-refractivity contribution in [3.63, 3.8) is 0 Å². The van der Waals surface area contributed by atoms with Crippen molar-refractivity contribution < 1.29 is 4.39 Å². The van der Waals surface area contributed by atoms with Gasteiger partial charge in [-0.25, -0.2) is 0 Å². The molecular weight excluding hydrogens is 157 g/mol. The highest BCUT2D eigenvalue weighted by Crippen LogP contribution is 2.38. The highest BCUT2D eigenvalue weighted by molar-refractivity contribution is 8.25. The van der Waals surface area contributed by atoms with Crippen LogP contribution >= 0.6 is 23.5 Å². The molecule has 0 saturated carbocycles. The summed E-state index contributed by atoms with van der Waals surface area (Å²) in [7, 11) is 0. The minimum absolute atomic E-state index is 0.553. The van der Waals surface area contributed by atoms with E-state index in [1.807, 2.05) is 0 Å². The van der Waals surface area contributed by atoms with Crippen LogP contribution in [0.5, 0.6) is 0 Å². The van der Waals surface area contributed by atoms with Crippen LogP contribution in [0.1, 0.15) is 0 Å². The molecule has 1 aliphatic heterocycles. The molecule has 4 heteroatoms. The summed E-state index contributed by atoms with van der Waals surface area (Å²) in [4.78, 5) is 0. The molecule has 0 aromatic carbocycles. The summed E-state index contributed by atoms with van der Waals surface area (Å²) < 4.78 is 12.9. The fraction of sp³-hybridized carbons (Fsp3) is 0.400. The van der Waals surface area contributed by atoms with Crippen molar-refractivity contribution in [3.8, 4) is 6.07 Å². The molecule has 0 N–H and O–H groups in total. The van der Waals surface area contributed by atoms with E-state index in [4.69, 9.17) is 5.26 Å². The van der Waals surface area contributed by atoms with Gasteiger partial charge in [-0.1, -0.05) is 0 Å². The minimum Gasteiger partial charge on any atom is -0.193 e. The summed E-state index contributed by atoms with van der Waals surface area (Å²) >= 11 is 2.84. The van der Waals surface area contributed by atoms with Gasteiger partial charge in [0.15, 0.2) is 0 Å². The van der Waals surface area contributed by atoms with Crippen LogP contribution in [0.25, 0.3) is 0 Å². The number of hydrogen-bond donors (Lipinski definition) is 0. The molecule has 1 heterocycles. The molecule has 0 aromatic rings. The molecule has 48 valence electrons. The van der Waals surface area contributed by atoms with Gasteiger partial charge >= 0.3 is 0 Å². The van der Waals surface area contributed by atoms with E-state index in [9.17, 15) is 4.39 Å². The second-order valence-electron chi connectivity index (χ2n) is 1.41. The smallest absolute Gasteiger partial charge is 0.193 e. The summed E-state index contributed by atoms with van der Waals surface area (Å²) in [5.41, 5.74) is 0. The Bertz CT molecular complexity index is 174. The Balaban J connectivity index is 2.70. The zero-order valence-electron chi connectivity index (χ0n) is 4.56. The van der Waals surface area contributed by atoms with Crippen LogP contribution < -0.4 is 0 Å². The Morgan fingerprint density at radius 2 is 2.11 bits per heavy atom. The van der Waals surface area contributed by atoms with Crippen molar-refractivity contribution >= 4 is 23.5 Å². The molecule has 0 unspecified atom stereocenters. The highest BCUT2D eigenvalue weighted by Gasteiger charge is 2.13. The first-order valence-corrected chi connectivity index (χ1v) is 4.37. The number of halogens is 1. The van der Waals surface area contributed by atoms with Gasteiger partial charge in [-0.15, -0.1) is 23.5 Å². The van der Waals surface area contributed by atoms with Crippen LogP contribution in [0.2, 0.25) is 0 Å². The minimum atomic E-state index is -0.623. The van der Waals surface area contributed by atoms with Crippen molar-refractivity contribution in [2.24, 2.45) is 0 Å². The number of allylic oxidation sites excluding steroid dienone is 1. The van der Waals surface area contributed by atoms with E-state index in [-0.39, 0.29) is 0 Å². The van der Waals surface area contributed by atoms with Gasteiger partial charge < -0.3 is 0 Å². The molecule has 0 spiro atoms. The van der Waals surface area contributed by atoms with Crippen LogP contribution in [0.3, 0.4) is 0 Å². The Hall–Kier alpha value is -0.140. The molecule has 0 aromatic heterocycles. The summed E-state index contributed by atoms with van der Waals surface area (Å²) in [5.74, 6) is 1.23. The van der Waals surface area contributed by atoms with E-state index in [0.717, 1.165) is 11.5 Å². The largest absolute Gasteiger partial charge is 0.219 e. The van der Waals surface area contributed by atoms with Crippen molar-refractivity contribution in [1.29, 1.82) is 5.26 Å². The second-order valence-corrected chi connectivity index (χ2v) is 3.88. The fourth-order valence-corrected chi connectivity index (χ4v) is 2.70. The van der Waals surface area contributed by atoms with Gasteiger partial charge in [0.1, 0.15) is 6.07 Å². The van der Waals surface area contributed by atoms with Crippen LogP contribution in [0, 0.1) is 11.3 Å². The maximum Gasteiger partial charge on any atom is 0.219 e. The van der Waals surface area contributed by atoms with Gasteiger partial charge in [0, 0.05) is 11.5 Å². The molecular formula is C5H4FNS2. The first-order chi connectivity index (χ1) is 4.34. The van der Waals surface area contributed by atoms with E-state index in [0.29, 0.717) is 4.24 Å². The summed E-state index contributed by atoms with van der Waals surface area (Å²) in [6.07, 6.45) is 0. The third-order valence-electron chi connectivity index (χ3n) is 0.827. The van der Waals surface area contributed by atoms with Crippen molar-refractivity contribution in [1.82, 2.24) is 0 Å². The number of hydrogen-bond acceptors (Lipinski definition) is 3. The Kier molecular flexibility index (Phi) is 2.43.